The van der Waals surface area contributed by atoms with E-state index in [4.69, 9.17) is 5.73 Å². The number of amides is 1. The molecule has 4 nitrogen and oxygen atoms in total. The first-order chi connectivity index (χ1) is 10.7. The van der Waals surface area contributed by atoms with Crippen molar-refractivity contribution in [3.63, 3.8) is 0 Å². The molecule has 0 aromatic heterocycles. The Labute approximate surface area is 157 Å². The molecular formula is C18H29Cl2N3O. The molecular weight excluding hydrogens is 345 g/mol. The summed E-state index contributed by atoms with van der Waals surface area (Å²) < 4.78 is 0. The quantitative estimate of drug-likeness (QED) is 0.842. The average molecular weight is 374 g/mol. The Balaban J connectivity index is 0.00000144. The molecule has 2 fully saturated rings. The molecule has 136 valence electrons. The largest absolute Gasteiger partial charge is 0.370 e. The summed E-state index contributed by atoms with van der Waals surface area (Å²) in [5.74, 6) is 0.211. The Kier molecular flexibility index (Phi) is 8.88. The summed E-state index contributed by atoms with van der Waals surface area (Å²) in [6.07, 6.45) is 7.79. The SMILES string of the molecule is Cl.Cl.NC1CCC(C(=O)Nc2ccccc2N2CCCCCC2)C1. The van der Waals surface area contributed by atoms with Crippen molar-refractivity contribution in [2.24, 2.45) is 11.7 Å². The molecule has 1 aliphatic carbocycles. The monoisotopic (exact) mass is 373 g/mol. The van der Waals surface area contributed by atoms with Gasteiger partial charge in [0.1, 0.15) is 0 Å². The third-order valence-corrected chi connectivity index (χ3v) is 4.95. The molecule has 1 aromatic rings. The van der Waals surface area contributed by atoms with Crippen LogP contribution in [-0.2, 0) is 4.79 Å². The van der Waals surface area contributed by atoms with E-state index in [-0.39, 0.29) is 42.7 Å². The number of nitrogens with zero attached hydrogens (tertiary/aromatic N) is 1. The fourth-order valence-corrected chi connectivity index (χ4v) is 3.66. The molecule has 0 spiro atoms. The molecule has 1 saturated carbocycles. The maximum Gasteiger partial charge on any atom is 0.227 e. The highest BCUT2D eigenvalue weighted by Gasteiger charge is 2.28. The second kappa shape index (κ2) is 10.1. The lowest BCUT2D eigenvalue weighted by Crippen LogP contribution is -2.27. The molecule has 1 aromatic carbocycles. The number of halogens is 2. The molecule has 2 unspecified atom stereocenters. The number of hydrogen-bond acceptors (Lipinski definition) is 3. The minimum Gasteiger partial charge on any atom is -0.370 e. The van der Waals surface area contributed by atoms with Crippen molar-refractivity contribution in [2.45, 2.75) is 51.0 Å². The maximum absolute atomic E-state index is 12.5. The highest BCUT2D eigenvalue weighted by molar-refractivity contribution is 5.96. The van der Waals surface area contributed by atoms with Crippen LogP contribution < -0.4 is 16.0 Å². The molecule has 24 heavy (non-hydrogen) atoms. The van der Waals surface area contributed by atoms with Crippen LogP contribution in [0.2, 0.25) is 0 Å². The molecule has 0 bridgehead atoms. The van der Waals surface area contributed by atoms with Crippen LogP contribution in [-0.4, -0.2) is 25.0 Å². The maximum atomic E-state index is 12.5. The number of anilines is 2. The fraction of sp³-hybridized carbons (Fsp3) is 0.611. The summed E-state index contributed by atoms with van der Waals surface area (Å²) >= 11 is 0. The Hall–Kier alpha value is -0.970. The van der Waals surface area contributed by atoms with Gasteiger partial charge in [0.15, 0.2) is 0 Å². The van der Waals surface area contributed by atoms with Gasteiger partial charge < -0.3 is 16.0 Å². The van der Waals surface area contributed by atoms with Gasteiger partial charge in [-0.1, -0.05) is 25.0 Å². The third kappa shape index (κ3) is 5.27. The predicted molar refractivity (Wildman–Crippen MR) is 106 cm³/mol. The zero-order valence-corrected chi connectivity index (χ0v) is 15.7. The molecule has 0 radical (unpaired) electrons. The van der Waals surface area contributed by atoms with Gasteiger partial charge in [-0.2, -0.15) is 0 Å². The first-order valence-electron chi connectivity index (χ1n) is 8.64. The van der Waals surface area contributed by atoms with E-state index < -0.39 is 0 Å². The Morgan fingerprint density at radius 3 is 2.33 bits per heavy atom. The molecule has 6 heteroatoms. The van der Waals surface area contributed by atoms with Crippen molar-refractivity contribution in [3.8, 4) is 0 Å². The van der Waals surface area contributed by atoms with Crippen LogP contribution in [0.1, 0.15) is 44.9 Å². The van der Waals surface area contributed by atoms with Gasteiger partial charge in [-0.3, -0.25) is 4.79 Å². The van der Waals surface area contributed by atoms with Gasteiger partial charge in [-0.25, -0.2) is 0 Å². The van der Waals surface area contributed by atoms with Crippen molar-refractivity contribution < 1.29 is 4.79 Å². The lowest BCUT2D eigenvalue weighted by atomic mass is 10.1. The normalized spacial score (nSPS) is 23.6. The highest BCUT2D eigenvalue weighted by atomic mass is 35.5. The van der Waals surface area contributed by atoms with Crippen molar-refractivity contribution in [1.29, 1.82) is 0 Å². The van der Waals surface area contributed by atoms with Gasteiger partial charge in [0.25, 0.3) is 0 Å². The van der Waals surface area contributed by atoms with E-state index in [9.17, 15) is 4.79 Å². The van der Waals surface area contributed by atoms with Crippen LogP contribution in [0.5, 0.6) is 0 Å². The van der Waals surface area contributed by atoms with Crippen LogP contribution >= 0.6 is 24.8 Å². The van der Waals surface area contributed by atoms with Gasteiger partial charge in [-0.15, -0.1) is 24.8 Å². The number of nitrogens with two attached hydrogens (primary N) is 1. The molecule has 1 saturated heterocycles. The fourth-order valence-electron chi connectivity index (χ4n) is 3.66. The number of carbonyl (C=O) groups excluding carboxylic acids is 1. The van der Waals surface area contributed by atoms with Crippen molar-refractivity contribution >= 4 is 42.1 Å². The number of hydrogen-bond donors (Lipinski definition) is 2. The average Bonchev–Trinajstić information content (AvgIpc) is 2.80. The Bertz CT molecular complexity index is 519. The van der Waals surface area contributed by atoms with Crippen LogP contribution in [0.15, 0.2) is 24.3 Å². The van der Waals surface area contributed by atoms with E-state index in [1.165, 1.54) is 31.4 Å². The highest BCUT2D eigenvalue weighted by Crippen LogP contribution is 2.30. The molecule has 1 aliphatic heterocycles. The van der Waals surface area contributed by atoms with E-state index in [1.54, 1.807) is 0 Å². The molecule has 3 rings (SSSR count). The first kappa shape index (κ1) is 21.1. The minimum absolute atomic E-state index is 0. The number of nitrogens with one attached hydrogen (secondary N) is 1. The van der Waals surface area contributed by atoms with Crippen LogP contribution in [0, 0.1) is 5.92 Å². The Morgan fingerprint density at radius 2 is 1.71 bits per heavy atom. The van der Waals surface area contributed by atoms with Gasteiger partial charge >= 0.3 is 0 Å². The number of benzene rings is 1. The standard InChI is InChI=1S/C18H27N3O.2ClH/c19-15-10-9-14(13-15)18(22)20-16-7-3-4-8-17(16)21-11-5-1-2-6-12-21;;/h3-4,7-8,14-15H,1-2,5-6,9-13,19H2,(H,20,22);2*1H. The zero-order chi connectivity index (χ0) is 15.4. The van der Waals surface area contributed by atoms with Crippen molar-refractivity contribution in [1.82, 2.24) is 0 Å². The lowest BCUT2D eigenvalue weighted by molar-refractivity contribution is -0.119. The summed E-state index contributed by atoms with van der Waals surface area (Å²) in [5, 5.41) is 3.15. The van der Waals surface area contributed by atoms with Crippen LogP contribution in [0.25, 0.3) is 0 Å². The van der Waals surface area contributed by atoms with E-state index in [0.29, 0.717) is 0 Å². The minimum atomic E-state index is 0. The van der Waals surface area contributed by atoms with Crippen molar-refractivity contribution in [2.75, 3.05) is 23.3 Å². The van der Waals surface area contributed by atoms with Gasteiger partial charge in [0.2, 0.25) is 5.91 Å². The summed E-state index contributed by atoms with van der Waals surface area (Å²) in [5.41, 5.74) is 8.05. The third-order valence-electron chi connectivity index (χ3n) is 4.95. The van der Waals surface area contributed by atoms with Gasteiger partial charge in [0.05, 0.1) is 11.4 Å². The van der Waals surface area contributed by atoms with Crippen LogP contribution in [0.4, 0.5) is 11.4 Å². The summed E-state index contributed by atoms with van der Waals surface area (Å²) in [6, 6.07) is 8.39. The smallest absolute Gasteiger partial charge is 0.227 e. The molecule has 2 atom stereocenters. The van der Waals surface area contributed by atoms with E-state index in [0.717, 1.165) is 38.0 Å². The van der Waals surface area contributed by atoms with Gasteiger partial charge in [-0.05, 0) is 44.2 Å². The van der Waals surface area contributed by atoms with E-state index >= 15 is 0 Å². The van der Waals surface area contributed by atoms with Crippen molar-refractivity contribution in [3.05, 3.63) is 24.3 Å². The molecule has 1 heterocycles. The first-order valence-corrected chi connectivity index (χ1v) is 8.64. The molecule has 2 aliphatic rings. The van der Waals surface area contributed by atoms with E-state index in [1.807, 2.05) is 12.1 Å². The second-order valence-electron chi connectivity index (χ2n) is 6.68. The van der Waals surface area contributed by atoms with Crippen LogP contribution in [0.3, 0.4) is 0 Å². The topological polar surface area (TPSA) is 58.4 Å². The van der Waals surface area contributed by atoms with Gasteiger partial charge in [0, 0.05) is 25.0 Å². The zero-order valence-electron chi connectivity index (χ0n) is 14.1. The Morgan fingerprint density at radius 1 is 1.04 bits per heavy atom. The predicted octanol–water partition coefficient (Wildman–Crippen LogP) is 3.98. The molecule has 3 N–H and O–H groups in total. The number of para-hydroxylation sites is 2. The molecule has 1 amide bonds. The number of carbonyl (C=O) groups is 1. The second-order valence-corrected chi connectivity index (χ2v) is 6.68. The number of rotatable bonds is 3. The summed E-state index contributed by atoms with van der Waals surface area (Å²) in [7, 11) is 0. The lowest BCUT2D eigenvalue weighted by Gasteiger charge is -2.26. The van der Waals surface area contributed by atoms with E-state index in [2.05, 4.69) is 22.3 Å². The summed E-state index contributed by atoms with van der Waals surface area (Å²) in [6.45, 7) is 2.17. The summed E-state index contributed by atoms with van der Waals surface area (Å²) in [4.78, 5) is 14.9.